The Morgan fingerprint density at radius 3 is 1.73 bits per heavy atom. The average Bonchev–Trinajstić information content (AvgIpc) is 2.54. The fourth-order valence-corrected chi connectivity index (χ4v) is 4.53. The zero-order valence-corrected chi connectivity index (χ0v) is 15.8. The topological polar surface area (TPSA) is 92.5 Å². The number of aliphatic hydroxyl groups excluding tert-OH is 1. The summed E-state index contributed by atoms with van der Waals surface area (Å²) in [5, 5.41) is 17.7. The molecule has 2 aliphatic rings. The predicted molar refractivity (Wildman–Crippen MR) is 92.9 cm³/mol. The first-order valence-corrected chi connectivity index (χ1v) is 11.5. The van der Waals surface area contributed by atoms with E-state index in [2.05, 4.69) is 0 Å². The maximum absolute atomic E-state index is 9.96. The van der Waals surface area contributed by atoms with Gasteiger partial charge in [0.15, 0.2) is 0 Å². The summed E-state index contributed by atoms with van der Waals surface area (Å²) in [5.74, 6) is 3.18. The molecule has 4 nitrogen and oxygen atoms in total. The van der Waals surface area contributed by atoms with Crippen molar-refractivity contribution < 1.29 is 15.0 Å². The molecule has 2 fully saturated rings. The Balaban J connectivity index is 0.000000402. The van der Waals surface area contributed by atoms with Crippen molar-refractivity contribution in [2.75, 3.05) is 0 Å². The van der Waals surface area contributed by atoms with Crippen molar-refractivity contribution in [3.63, 3.8) is 0 Å². The predicted octanol–water partition coefficient (Wildman–Crippen LogP) is 4.30. The van der Waals surface area contributed by atoms with Crippen LogP contribution in [0.25, 0.3) is 0 Å². The Labute approximate surface area is 142 Å². The van der Waals surface area contributed by atoms with Crippen molar-refractivity contribution in [1.29, 1.82) is 0 Å². The van der Waals surface area contributed by atoms with E-state index in [0.29, 0.717) is 21.4 Å². The van der Waals surface area contributed by atoms with Gasteiger partial charge in [0.2, 0.25) is 0 Å². The van der Waals surface area contributed by atoms with Crippen LogP contribution in [-0.4, -0.2) is 37.2 Å². The normalized spacial score (nSPS) is 21.2. The number of carbonyl (C=O) groups is 1. The van der Waals surface area contributed by atoms with Crippen molar-refractivity contribution in [2.24, 2.45) is 11.8 Å². The van der Waals surface area contributed by atoms with Gasteiger partial charge in [-0.3, -0.25) is 0 Å². The second-order valence-corrected chi connectivity index (χ2v) is 8.50. The fourth-order valence-electron chi connectivity index (χ4n) is 3.56. The minimum Gasteiger partial charge on any atom is -0.344 e. The summed E-state index contributed by atoms with van der Waals surface area (Å²) < 4.78 is 0. The van der Waals surface area contributed by atoms with Gasteiger partial charge >= 0.3 is 59.6 Å². The van der Waals surface area contributed by atoms with Crippen LogP contribution in [-0.2, 0) is 4.79 Å². The monoisotopic (exact) mass is 381 g/mol. The zero-order chi connectivity index (χ0) is 15.5. The molecular formula is C17H35NO3Se. The number of carboxylic acid groups (broad SMARTS) is 1. The van der Waals surface area contributed by atoms with E-state index in [1.54, 1.807) is 25.7 Å². The number of hydrogen-bond acceptors (Lipinski definition) is 3. The first-order chi connectivity index (χ1) is 10.1. The molecule has 2 rings (SSSR count). The molecule has 2 aliphatic carbocycles. The average molecular weight is 380 g/mol. The van der Waals surface area contributed by atoms with Gasteiger partial charge in [0.25, 0.3) is 0 Å². The van der Waals surface area contributed by atoms with Crippen molar-refractivity contribution in [1.82, 2.24) is 6.15 Å². The Morgan fingerprint density at radius 2 is 1.41 bits per heavy atom. The largest absolute Gasteiger partial charge is 0.344 e. The fraction of sp³-hybridized carbons (Fsp3) is 0.941. The molecule has 0 aliphatic heterocycles. The molecule has 5 heteroatoms. The molecule has 0 aromatic heterocycles. The summed E-state index contributed by atoms with van der Waals surface area (Å²) in [6, 6.07) is 0. The van der Waals surface area contributed by atoms with Gasteiger partial charge < -0.3 is 6.15 Å². The third-order valence-corrected chi connectivity index (χ3v) is 6.20. The van der Waals surface area contributed by atoms with Crippen LogP contribution >= 0.6 is 0 Å². The Hall–Kier alpha value is -0.0905. The van der Waals surface area contributed by atoms with Gasteiger partial charge in [-0.05, 0) is 11.8 Å². The summed E-state index contributed by atoms with van der Waals surface area (Å²) >= 11 is 0.469. The molecule has 2 saturated carbocycles. The molecule has 5 N–H and O–H groups in total. The molecule has 0 amide bonds. The van der Waals surface area contributed by atoms with E-state index in [9.17, 15) is 4.79 Å². The molecule has 0 saturated heterocycles. The van der Waals surface area contributed by atoms with E-state index in [0.717, 1.165) is 17.2 Å². The molecule has 22 heavy (non-hydrogen) atoms. The molecule has 1 atom stereocenters. The minimum atomic E-state index is -1.15. The summed E-state index contributed by atoms with van der Waals surface area (Å²) in [4.78, 5) is 9.96. The van der Waals surface area contributed by atoms with E-state index in [4.69, 9.17) is 10.2 Å². The van der Waals surface area contributed by atoms with Gasteiger partial charge in [0.05, 0.1) is 0 Å². The maximum Gasteiger partial charge on any atom is -0.344 e. The second-order valence-electron chi connectivity index (χ2n) is 6.43. The molecule has 0 heterocycles. The SMILES string of the molecule is C1CCC(C2CCCCC2)CC1.C[Se]CCC(O)C(=O)O.N. The molecular weight excluding hydrogens is 345 g/mol. The van der Waals surface area contributed by atoms with Crippen LogP contribution < -0.4 is 6.15 Å². The third-order valence-electron chi connectivity index (χ3n) is 4.85. The quantitative estimate of drug-likeness (QED) is 0.620. The number of hydrogen-bond donors (Lipinski definition) is 3. The van der Waals surface area contributed by atoms with E-state index < -0.39 is 12.1 Å². The Kier molecular flexibility index (Phi) is 13.3. The van der Waals surface area contributed by atoms with Crippen LogP contribution in [0.2, 0.25) is 11.1 Å². The van der Waals surface area contributed by atoms with Gasteiger partial charge in [-0.1, -0.05) is 64.2 Å². The maximum atomic E-state index is 9.96. The molecule has 1 unspecified atom stereocenters. The molecule has 0 bridgehead atoms. The Bertz CT molecular complexity index is 261. The van der Waals surface area contributed by atoms with E-state index in [-0.39, 0.29) is 6.15 Å². The second kappa shape index (κ2) is 13.4. The smallest absolute Gasteiger partial charge is 0.344 e. The summed E-state index contributed by atoms with van der Waals surface area (Å²) in [7, 11) is 0. The van der Waals surface area contributed by atoms with E-state index in [1.165, 1.54) is 38.5 Å². The minimum absolute atomic E-state index is 0. The van der Waals surface area contributed by atoms with Gasteiger partial charge in [-0.25, -0.2) is 0 Å². The number of carboxylic acids is 1. The first kappa shape index (κ1) is 21.9. The number of aliphatic carboxylic acids is 1. The summed E-state index contributed by atoms with van der Waals surface area (Å²) in [6.07, 6.45) is 14.6. The van der Waals surface area contributed by atoms with Crippen LogP contribution in [0.5, 0.6) is 0 Å². The zero-order valence-electron chi connectivity index (χ0n) is 14.1. The van der Waals surface area contributed by atoms with Gasteiger partial charge in [-0.2, -0.15) is 0 Å². The van der Waals surface area contributed by atoms with Gasteiger partial charge in [0, 0.05) is 0 Å². The van der Waals surface area contributed by atoms with Crippen molar-refractivity contribution in [2.45, 2.75) is 87.9 Å². The standard InChI is InChI=1S/C12H22.C5H10O3Se.H3N/c1-3-7-11(8-4-1)12-9-5-2-6-10-12;1-9-3-2-4(6)5(7)8;/h11-12H,1-10H2;4,6H,2-3H2,1H3,(H,7,8);1H3. The Morgan fingerprint density at radius 1 is 1.00 bits per heavy atom. The molecule has 0 aromatic rings. The summed E-state index contributed by atoms with van der Waals surface area (Å²) in [6.45, 7) is 0. The molecule has 0 spiro atoms. The van der Waals surface area contributed by atoms with Crippen LogP contribution in [0.15, 0.2) is 0 Å². The van der Waals surface area contributed by atoms with Crippen molar-refractivity contribution in [3.05, 3.63) is 0 Å². The molecule has 0 radical (unpaired) electrons. The molecule has 132 valence electrons. The van der Waals surface area contributed by atoms with Crippen molar-refractivity contribution in [3.8, 4) is 0 Å². The van der Waals surface area contributed by atoms with Gasteiger partial charge in [0.1, 0.15) is 0 Å². The van der Waals surface area contributed by atoms with Crippen LogP contribution in [0.3, 0.4) is 0 Å². The number of rotatable bonds is 5. The van der Waals surface area contributed by atoms with E-state index >= 15 is 0 Å². The van der Waals surface area contributed by atoms with Gasteiger partial charge in [-0.15, -0.1) is 0 Å². The number of aliphatic hydroxyl groups is 1. The first-order valence-electron chi connectivity index (χ1n) is 8.55. The van der Waals surface area contributed by atoms with Crippen molar-refractivity contribution >= 4 is 20.9 Å². The van der Waals surface area contributed by atoms with Crippen LogP contribution in [0, 0.1) is 11.8 Å². The molecule has 0 aromatic carbocycles. The van der Waals surface area contributed by atoms with Crippen LogP contribution in [0.1, 0.15) is 70.6 Å². The van der Waals surface area contributed by atoms with E-state index in [1.807, 2.05) is 5.82 Å². The van der Waals surface area contributed by atoms with Crippen LogP contribution in [0.4, 0.5) is 0 Å². The third kappa shape index (κ3) is 9.14. The summed E-state index contributed by atoms with van der Waals surface area (Å²) in [5.41, 5.74) is 0.